The summed E-state index contributed by atoms with van der Waals surface area (Å²) in [6, 6.07) is 5.19. The predicted octanol–water partition coefficient (Wildman–Crippen LogP) is 2.70. The van der Waals surface area contributed by atoms with E-state index in [1.165, 1.54) is 6.39 Å². The number of nitrogens with zero attached hydrogens (tertiary/aromatic N) is 2. The number of aromatic nitrogens is 2. The van der Waals surface area contributed by atoms with Gasteiger partial charge in [0.05, 0.1) is 5.54 Å². The molecule has 0 fully saturated rings. The second-order valence-electron chi connectivity index (χ2n) is 4.79. The molecule has 100 valence electrons. The van der Waals surface area contributed by atoms with Gasteiger partial charge in [0.1, 0.15) is 0 Å². The Labute approximate surface area is 116 Å². The maximum Gasteiger partial charge on any atom is 0.252 e. The van der Waals surface area contributed by atoms with Gasteiger partial charge >= 0.3 is 0 Å². The highest BCUT2D eigenvalue weighted by Gasteiger charge is 2.28. The third-order valence-electron chi connectivity index (χ3n) is 2.79. The number of benzene rings is 1. The Morgan fingerprint density at radius 3 is 2.79 bits per heavy atom. The average Bonchev–Trinajstić information content (AvgIpc) is 2.86. The van der Waals surface area contributed by atoms with E-state index in [0.29, 0.717) is 16.4 Å². The number of halogens is 1. The minimum atomic E-state index is -0.723. The van der Waals surface area contributed by atoms with Gasteiger partial charge in [-0.05, 0) is 38.5 Å². The van der Waals surface area contributed by atoms with Crippen LogP contribution in [0.25, 0.3) is 0 Å². The first kappa shape index (κ1) is 13.5. The molecule has 1 N–H and O–H groups in total. The average molecular weight is 280 g/mol. The molecular formula is C13H14ClN3O2. The van der Waals surface area contributed by atoms with Crippen molar-refractivity contribution >= 4 is 17.5 Å². The number of hydrogen-bond acceptors (Lipinski definition) is 4. The molecule has 0 aliphatic rings. The molecule has 0 bridgehead atoms. The number of aryl methyl sites for hydroxylation is 1. The fourth-order valence-electron chi connectivity index (χ4n) is 1.69. The van der Waals surface area contributed by atoms with Crippen LogP contribution in [0.3, 0.4) is 0 Å². The lowest BCUT2D eigenvalue weighted by Gasteiger charge is -2.22. The molecule has 1 heterocycles. The first-order valence-electron chi connectivity index (χ1n) is 5.75. The van der Waals surface area contributed by atoms with Crippen LogP contribution in [-0.2, 0) is 5.54 Å². The van der Waals surface area contributed by atoms with E-state index >= 15 is 0 Å². The fraction of sp³-hybridized carbons (Fsp3) is 0.308. The Morgan fingerprint density at radius 1 is 1.42 bits per heavy atom. The van der Waals surface area contributed by atoms with Gasteiger partial charge in [0.2, 0.25) is 6.39 Å². The molecule has 5 nitrogen and oxygen atoms in total. The molecule has 0 aliphatic heterocycles. The van der Waals surface area contributed by atoms with Crippen molar-refractivity contribution in [1.29, 1.82) is 0 Å². The van der Waals surface area contributed by atoms with Gasteiger partial charge in [0.25, 0.3) is 5.91 Å². The predicted molar refractivity (Wildman–Crippen MR) is 71.0 cm³/mol. The minimum absolute atomic E-state index is 0.227. The maximum atomic E-state index is 12.3. The number of carbonyl (C=O) groups excluding carboxylic acids is 1. The van der Waals surface area contributed by atoms with Crippen molar-refractivity contribution in [2.75, 3.05) is 0 Å². The lowest BCUT2D eigenvalue weighted by atomic mass is 10.0. The first-order valence-corrected chi connectivity index (χ1v) is 6.13. The zero-order chi connectivity index (χ0) is 14.0. The molecule has 1 aromatic carbocycles. The van der Waals surface area contributed by atoms with Crippen LogP contribution in [0.2, 0.25) is 5.02 Å². The molecule has 0 saturated carbocycles. The van der Waals surface area contributed by atoms with Crippen LogP contribution in [0.15, 0.2) is 29.1 Å². The zero-order valence-electron chi connectivity index (χ0n) is 10.9. The summed E-state index contributed by atoms with van der Waals surface area (Å²) < 4.78 is 4.70. The van der Waals surface area contributed by atoms with Crippen molar-refractivity contribution in [2.45, 2.75) is 26.3 Å². The van der Waals surface area contributed by atoms with Crippen LogP contribution in [0.1, 0.15) is 35.6 Å². The second kappa shape index (κ2) is 5.01. The van der Waals surface area contributed by atoms with Crippen molar-refractivity contribution in [3.63, 3.8) is 0 Å². The van der Waals surface area contributed by atoms with Gasteiger partial charge in [-0.2, -0.15) is 4.98 Å². The highest BCUT2D eigenvalue weighted by atomic mass is 35.5. The van der Waals surface area contributed by atoms with E-state index in [2.05, 4.69) is 15.5 Å². The summed E-state index contributed by atoms with van der Waals surface area (Å²) in [6.45, 7) is 5.46. The SMILES string of the molecule is Cc1ccc(Cl)cc1C(=O)NC(C)(C)c1ncon1. The van der Waals surface area contributed by atoms with E-state index < -0.39 is 5.54 Å². The summed E-state index contributed by atoms with van der Waals surface area (Å²) in [5, 5.41) is 7.13. The van der Waals surface area contributed by atoms with Crippen LogP contribution in [0, 0.1) is 6.92 Å². The summed E-state index contributed by atoms with van der Waals surface area (Å²) in [7, 11) is 0. The number of rotatable bonds is 3. The Morgan fingerprint density at radius 2 is 2.16 bits per heavy atom. The van der Waals surface area contributed by atoms with Crippen LogP contribution >= 0.6 is 11.6 Å². The molecule has 0 unspecified atom stereocenters. The molecule has 2 aromatic rings. The summed E-state index contributed by atoms with van der Waals surface area (Å²) in [4.78, 5) is 16.2. The topological polar surface area (TPSA) is 68.0 Å². The molecule has 0 saturated heterocycles. The minimum Gasteiger partial charge on any atom is -0.343 e. The van der Waals surface area contributed by atoms with Gasteiger partial charge in [-0.1, -0.05) is 22.8 Å². The highest BCUT2D eigenvalue weighted by molar-refractivity contribution is 6.31. The number of amides is 1. The molecule has 0 atom stereocenters. The lowest BCUT2D eigenvalue weighted by molar-refractivity contribution is 0.0907. The number of nitrogens with one attached hydrogen (secondary N) is 1. The van der Waals surface area contributed by atoms with E-state index in [-0.39, 0.29) is 5.91 Å². The fourth-order valence-corrected chi connectivity index (χ4v) is 1.86. The number of carbonyl (C=O) groups is 1. The van der Waals surface area contributed by atoms with Gasteiger partial charge < -0.3 is 9.84 Å². The summed E-state index contributed by atoms with van der Waals surface area (Å²) in [5.41, 5.74) is 0.661. The van der Waals surface area contributed by atoms with Crippen molar-refractivity contribution in [3.8, 4) is 0 Å². The molecule has 1 aromatic heterocycles. The molecule has 2 rings (SSSR count). The molecule has 0 aliphatic carbocycles. The van der Waals surface area contributed by atoms with Gasteiger partial charge in [-0.15, -0.1) is 0 Å². The Bertz CT molecular complexity index is 594. The van der Waals surface area contributed by atoms with E-state index in [0.717, 1.165) is 5.56 Å². The van der Waals surface area contributed by atoms with Crippen LogP contribution in [0.5, 0.6) is 0 Å². The third kappa shape index (κ3) is 2.93. The Balaban J connectivity index is 2.24. The summed E-state index contributed by atoms with van der Waals surface area (Å²) >= 11 is 5.91. The standard InChI is InChI=1S/C13H14ClN3O2/c1-8-4-5-9(14)6-10(8)11(18)16-13(2,3)12-15-7-19-17-12/h4-7H,1-3H3,(H,16,18). The van der Waals surface area contributed by atoms with Crippen molar-refractivity contribution in [2.24, 2.45) is 0 Å². The van der Waals surface area contributed by atoms with Gasteiger partial charge in [-0.25, -0.2) is 0 Å². The lowest BCUT2D eigenvalue weighted by Crippen LogP contribution is -2.42. The Hall–Kier alpha value is -1.88. The molecule has 0 radical (unpaired) electrons. The third-order valence-corrected chi connectivity index (χ3v) is 3.03. The van der Waals surface area contributed by atoms with E-state index in [1.807, 2.05) is 6.92 Å². The van der Waals surface area contributed by atoms with Crippen molar-refractivity contribution < 1.29 is 9.32 Å². The van der Waals surface area contributed by atoms with E-state index in [1.54, 1.807) is 32.0 Å². The highest BCUT2D eigenvalue weighted by Crippen LogP contribution is 2.19. The van der Waals surface area contributed by atoms with Crippen molar-refractivity contribution in [1.82, 2.24) is 15.5 Å². The van der Waals surface area contributed by atoms with Crippen molar-refractivity contribution in [3.05, 3.63) is 46.6 Å². The van der Waals surface area contributed by atoms with E-state index in [4.69, 9.17) is 16.1 Å². The normalized spacial score (nSPS) is 11.4. The quantitative estimate of drug-likeness (QED) is 0.938. The molecule has 19 heavy (non-hydrogen) atoms. The van der Waals surface area contributed by atoms with Gasteiger partial charge in [0.15, 0.2) is 5.82 Å². The first-order chi connectivity index (χ1) is 8.90. The molecular weight excluding hydrogens is 266 g/mol. The van der Waals surface area contributed by atoms with Gasteiger partial charge in [-0.3, -0.25) is 4.79 Å². The maximum absolute atomic E-state index is 12.3. The largest absolute Gasteiger partial charge is 0.343 e. The van der Waals surface area contributed by atoms with Crippen LogP contribution in [-0.4, -0.2) is 16.0 Å². The smallest absolute Gasteiger partial charge is 0.252 e. The molecule has 0 spiro atoms. The van der Waals surface area contributed by atoms with Crippen LogP contribution < -0.4 is 5.32 Å². The monoisotopic (exact) mass is 279 g/mol. The molecule has 6 heteroatoms. The summed E-state index contributed by atoms with van der Waals surface area (Å²) in [6.07, 6.45) is 1.23. The number of hydrogen-bond donors (Lipinski definition) is 1. The summed E-state index contributed by atoms with van der Waals surface area (Å²) in [5.74, 6) is 0.190. The van der Waals surface area contributed by atoms with Gasteiger partial charge in [0, 0.05) is 10.6 Å². The molecule has 1 amide bonds. The second-order valence-corrected chi connectivity index (χ2v) is 5.23. The van der Waals surface area contributed by atoms with Crippen LogP contribution in [0.4, 0.5) is 0 Å². The Kier molecular flexibility index (Phi) is 3.57. The van der Waals surface area contributed by atoms with E-state index in [9.17, 15) is 4.79 Å². The zero-order valence-corrected chi connectivity index (χ0v) is 11.7.